The van der Waals surface area contributed by atoms with Gasteiger partial charge in [-0.25, -0.2) is 0 Å². The quantitative estimate of drug-likeness (QED) is 0.705. The normalized spacial score (nSPS) is 17.9. The van der Waals surface area contributed by atoms with Crippen LogP contribution in [-0.2, 0) is 16.0 Å². The maximum Gasteiger partial charge on any atom is 0.165 e. The molecule has 0 radical (unpaired) electrons. The van der Waals surface area contributed by atoms with Gasteiger partial charge in [0.1, 0.15) is 0 Å². The van der Waals surface area contributed by atoms with Crippen LogP contribution in [-0.4, -0.2) is 47.2 Å². The summed E-state index contributed by atoms with van der Waals surface area (Å²) in [4.78, 5) is 0. The Morgan fingerprint density at radius 3 is 2.95 bits per heavy atom. The monoisotopic (exact) mass is 295 g/mol. The summed E-state index contributed by atoms with van der Waals surface area (Å²) < 4.78 is 21.9. The minimum atomic E-state index is 0.476. The van der Waals surface area contributed by atoms with Gasteiger partial charge in [0.25, 0.3) is 0 Å². The largest absolute Gasteiger partial charge is 0.493 e. The molecule has 2 rings (SSSR count). The molecule has 1 N–H and O–H groups in total. The maximum absolute atomic E-state index is 6.02. The SMILES string of the molecule is COCCNCc1cccc(OC)c1OCC1CCOC1. The van der Waals surface area contributed by atoms with E-state index < -0.39 is 0 Å². The highest BCUT2D eigenvalue weighted by Crippen LogP contribution is 2.32. The first kappa shape index (κ1) is 16.1. The van der Waals surface area contributed by atoms with E-state index >= 15 is 0 Å². The van der Waals surface area contributed by atoms with Gasteiger partial charge in [-0.1, -0.05) is 12.1 Å². The third-order valence-electron chi connectivity index (χ3n) is 3.57. The van der Waals surface area contributed by atoms with Gasteiger partial charge in [-0.05, 0) is 12.5 Å². The van der Waals surface area contributed by atoms with E-state index in [0.29, 0.717) is 19.1 Å². The number of para-hydroxylation sites is 1. The molecule has 1 atom stereocenters. The Morgan fingerprint density at radius 2 is 2.24 bits per heavy atom. The van der Waals surface area contributed by atoms with Crippen molar-refractivity contribution >= 4 is 0 Å². The third kappa shape index (κ3) is 4.88. The fraction of sp³-hybridized carbons (Fsp3) is 0.625. The fourth-order valence-electron chi connectivity index (χ4n) is 2.34. The molecule has 1 heterocycles. The molecule has 0 aromatic heterocycles. The highest BCUT2D eigenvalue weighted by Gasteiger charge is 2.18. The van der Waals surface area contributed by atoms with Crippen molar-refractivity contribution in [1.82, 2.24) is 5.32 Å². The summed E-state index contributed by atoms with van der Waals surface area (Å²) in [6.45, 7) is 4.54. The Balaban J connectivity index is 1.97. The van der Waals surface area contributed by atoms with Crippen molar-refractivity contribution in [2.45, 2.75) is 13.0 Å². The average Bonchev–Trinajstić information content (AvgIpc) is 3.03. The van der Waals surface area contributed by atoms with Gasteiger partial charge >= 0.3 is 0 Å². The van der Waals surface area contributed by atoms with Crippen LogP contribution in [0.15, 0.2) is 18.2 Å². The van der Waals surface area contributed by atoms with Crippen LogP contribution in [0.25, 0.3) is 0 Å². The van der Waals surface area contributed by atoms with Crippen LogP contribution in [0, 0.1) is 5.92 Å². The summed E-state index contributed by atoms with van der Waals surface area (Å²) in [6, 6.07) is 5.97. The summed E-state index contributed by atoms with van der Waals surface area (Å²) in [5.74, 6) is 2.08. The molecular formula is C16H25NO4. The molecule has 1 fully saturated rings. The van der Waals surface area contributed by atoms with Crippen LogP contribution >= 0.6 is 0 Å². The van der Waals surface area contributed by atoms with Crippen molar-refractivity contribution in [3.8, 4) is 11.5 Å². The highest BCUT2D eigenvalue weighted by molar-refractivity contribution is 5.46. The van der Waals surface area contributed by atoms with Crippen LogP contribution in [0.1, 0.15) is 12.0 Å². The van der Waals surface area contributed by atoms with Crippen LogP contribution in [0.2, 0.25) is 0 Å². The van der Waals surface area contributed by atoms with E-state index in [1.54, 1.807) is 14.2 Å². The molecule has 0 spiro atoms. The summed E-state index contributed by atoms with van der Waals surface area (Å²) in [5, 5.41) is 3.34. The Hall–Kier alpha value is -1.30. The lowest BCUT2D eigenvalue weighted by atomic mass is 10.1. The van der Waals surface area contributed by atoms with E-state index in [2.05, 4.69) is 11.4 Å². The minimum Gasteiger partial charge on any atom is -0.493 e. The zero-order valence-electron chi connectivity index (χ0n) is 12.9. The minimum absolute atomic E-state index is 0.476. The molecule has 1 saturated heterocycles. The van der Waals surface area contributed by atoms with E-state index in [-0.39, 0.29) is 0 Å². The van der Waals surface area contributed by atoms with E-state index in [9.17, 15) is 0 Å². The molecule has 1 aromatic carbocycles. The number of nitrogens with one attached hydrogen (secondary N) is 1. The van der Waals surface area contributed by atoms with E-state index in [4.69, 9.17) is 18.9 Å². The van der Waals surface area contributed by atoms with Crippen LogP contribution in [0.3, 0.4) is 0 Å². The second-order valence-corrected chi connectivity index (χ2v) is 5.16. The van der Waals surface area contributed by atoms with Crippen molar-refractivity contribution in [2.75, 3.05) is 47.2 Å². The standard InChI is InChI=1S/C16H25NO4/c1-18-9-7-17-10-14-4-3-5-15(19-2)16(14)21-12-13-6-8-20-11-13/h3-5,13,17H,6-12H2,1-2H3. The number of ether oxygens (including phenoxy) is 4. The number of hydrogen-bond donors (Lipinski definition) is 1. The molecule has 0 saturated carbocycles. The molecule has 1 aliphatic heterocycles. The third-order valence-corrected chi connectivity index (χ3v) is 3.57. The van der Waals surface area contributed by atoms with Gasteiger partial charge in [0.15, 0.2) is 11.5 Å². The summed E-state index contributed by atoms with van der Waals surface area (Å²) in [6.07, 6.45) is 1.07. The van der Waals surface area contributed by atoms with Gasteiger partial charge in [-0.3, -0.25) is 0 Å². The maximum atomic E-state index is 6.02. The Morgan fingerprint density at radius 1 is 1.33 bits per heavy atom. The fourth-order valence-corrected chi connectivity index (χ4v) is 2.34. The number of rotatable bonds is 9. The van der Waals surface area contributed by atoms with Crippen molar-refractivity contribution in [1.29, 1.82) is 0 Å². The molecule has 118 valence electrons. The predicted molar refractivity (Wildman–Crippen MR) is 81.0 cm³/mol. The summed E-state index contributed by atoms with van der Waals surface area (Å²) >= 11 is 0. The Bertz CT molecular complexity index is 419. The first-order chi connectivity index (χ1) is 10.3. The lowest BCUT2D eigenvalue weighted by molar-refractivity contribution is 0.165. The average molecular weight is 295 g/mol. The molecule has 21 heavy (non-hydrogen) atoms. The molecule has 5 heteroatoms. The zero-order chi connectivity index (χ0) is 14.9. The Labute approximate surface area is 126 Å². The molecule has 1 unspecified atom stereocenters. The summed E-state index contributed by atoms with van der Waals surface area (Å²) in [7, 11) is 3.37. The molecule has 1 aromatic rings. The second kappa shape index (κ2) is 8.87. The first-order valence-electron chi connectivity index (χ1n) is 7.41. The van der Waals surface area contributed by atoms with Crippen molar-refractivity contribution < 1.29 is 18.9 Å². The number of hydrogen-bond acceptors (Lipinski definition) is 5. The van der Waals surface area contributed by atoms with Gasteiger partial charge in [0, 0.05) is 38.3 Å². The van der Waals surface area contributed by atoms with E-state index in [1.165, 1.54) is 0 Å². The highest BCUT2D eigenvalue weighted by atomic mass is 16.5. The lowest BCUT2D eigenvalue weighted by Gasteiger charge is -2.17. The Kier molecular flexibility index (Phi) is 6.79. The van der Waals surface area contributed by atoms with Gasteiger partial charge in [-0.15, -0.1) is 0 Å². The molecule has 0 amide bonds. The van der Waals surface area contributed by atoms with Gasteiger partial charge in [0.2, 0.25) is 0 Å². The van der Waals surface area contributed by atoms with Crippen LogP contribution in [0.4, 0.5) is 0 Å². The number of methoxy groups -OCH3 is 2. The van der Waals surface area contributed by atoms with Crippen LogP contribution in [0.5, 0.6) is 11.5 Å². The van der Waals surface area contributed by atoms with Crippen molar-refractivity contribution in [2.24, 2.45) is 5.92 Å². The van der Waals surface area contributed by atoms with Gasteiger partial charge in [-0.2, -0.15) is 0 Å². The summed E-state index contributed by atoms with van der Waals surface area (Å²) in [5.41, 5.74) is 1.10. The molecule has 0 aliphatic carbocycles. The molecule has 5 nitrogen and oxygen atoms in total. The van der Waals surface area contributed by atoms with Gasteiger partial charge in [0.05, 0.1) is 26.9 Å². The van der Waals surface area contributed by atoms with Gasteiger partial charge < -0.3 is 24.3 Å². The second-order valence-electron chi connectivity index (χ2n) is 5.16. The van der Waals surface area contributed by atoms with E-state index in [0.717, 1.165) is 49.8 Å². The topological polar surface area (TPSA) is 49.0 Å². The zero-order valence-corrected chi connectivity index (χ0v) is 12.9. The lowest BCUT2D eigenvalue weighted by Crippen LogP contribution is -2.20. The first-order valence-corrected chi connectivity index (χ1v) is 7.41. The smallest absolute Gasteiger partial charge is 0.165 e. The van der Waals surface area contributed by atoms with Crippen LogP contribution < -0.4 is 14.8 Å². The molecular weight excluding hydrogens is 270 g/mol. The van der Waals surface area contributed by atoms with Crippen molar-refractivity contribution in [3.63, 3.8) is 0 Å². The van der Waals surface area contributed by atoms with E-state index in [1.807, 2.05) is 12.1 Å². The predicted octanol–water partition coefficient (Wildman–Crippen LogP) is 1.85. The molecule has 1 aliphatic rings. The number of benzene rings is 1. The van der Waals surface area contributed by atoms with Crippen molar-refractivity contribution in [3.05, 3.63) is 23.8 Å². The molecule has 0 bridgehead atoms.